The van der Waals surface area contributed by atoms with Gasteiger partial charge < -0.3 is 30.3 Å². The van der Waals surface area contributed by atoms with E-state index in [1.165, 1.54) is 11.3 Å². The topological polar surface area (TPSA) is 150 Å². The monoisotopic (exact) mass is 790 g/mol. The molecule has 2 fully saturated rings. The Bertz CT molecular complexity index is 2540. The van der Waals surface area contributed by atoms with E-state index in [0.29, 0.717) is 38.8 Å². The number of carbonyl (C=O) groups excluding carboxylic acids is 3. The van der Waals surface area contributed by atoms with Gasteiger partial charge in [-0.1, -0.05) is 108 Å². The number of hydrogen-bond donors (Lipinski definition) is 4. The van der Waals surface area contributed by atoms with Crippen molar-refractivity contribution in [2.75, 3.05) is 30.5 Å². The molecule has 0 bridgehead atoms. The van der Waals surface area contributed by atoms with E-state index in [4.69, 9.17) is 14.5 Å². The van der Waals surface area contributed by atoms with E-state index < -0.39 is 53.3 Å². The summed E-state index contributed by atoms with van der Waals surface area (Å²) in [4.78, 5) is 52.5. The van der Waals surface area contributed by atoms with E-state index in [0.717, 1.165) is 15.8 Å². The molecule has 3 aliphatic rings. The standard InChI is InChI=1S/C46H38N4O7S/c51-24-10-9-11-28-18-23-34-33(27-28)46(44(55)47-34)37(42(53)49-45-48-35-16-7-8-17-36(35)58-45)39-43(54)57-40(30-14-5-2-6-15-30)38(29-12-3-1-4-13-29)50(39)41(46)31-19-21-32(22-20-31)56-26-25-52/h1-8,12-23,27,37-41,51-52H,10,24-26H2,(H,47,55)(H,48,49,53)/t37-,38-,39-,40+,41+,46-/m0/s1. The molecule has 6 atom stereocenters. The van der Waals surface area contributed by atoms with Crippen molar-refractivity contribution in [2.45, 2.75) is 36.1 Å². The minimum Gasteiger partial charge on any atom is -0.491 e. The SMILES string of the molecule is O=C1O[C@H](c2ccccc2)[C@H](c2ccccc2)N2[C@H]1[C@@H](C(=O)Nc1nc3ccccc3s1)[C@]1(C(=O)Nc3ccc(C#CCCO)cc31)[C@H]2c1ccc(OCCO)cc1. The third-order valence-electron chi connectivity index (χ3n) is 11.1. The summed E-state index contributed by atoms with van der Waals surface area (Å²) in [6.07, 6.45) is -0.564. The molecule has 11 nitrogen and oxygen atoms in total. The first-order chi connectivity index (χ1) is 28.4. The highest BCUT2D eigenvalue weighted by Gasteiger charge is 2.74. The van der Waals surface area contributed by atoms with Gasteiger partial charge in [-0.15, -0.1) is 0 Å². The lowest BCUT2D eigenvalue weighted by Crippen LogP contribution is -2.53. The number of benzene rings is 5. The summed E-state index contributed by atoms with van der Waals surface area (Å²) in [5, 5.41) is 25.4. The van der Waals surface area contributed by atoms with E-state index >= 15 is 14.4 Å². The third kappa shape index (κ3) is 6.29. The van der Waals surface area contributed by atoms with Crippen LogP contribution in [-0.4, -0.2) is 63.7 Å². The van der Waals surface area contributed by atoms with Gasteiger partial charge in [0.1, 0.15) is 29.9 Å². The first-order valence-corrected chi connectivity index (χ1v) is 19.9. The molecule has 0 radical (unpaired) electrons. The quantitative estimate of drug-likeness (QED) is 0.0977. The molecule has 1 spiro atoms. The lowest BCUT2D eigenvalue weighted by Gasteiger charge is -2.46. The normalized spacial score (nSPS) is 23.4. The summed E-state index contributed by atoms with van der Waals surface area (Å²) >= 11 is 1.30. The van der Waals surface area contributed by atoms with Crippen molar-refractivity contribution < 1.29 is 34.1 Å². The Morgan fingerprint density at radius 2 is 1.59 bits per heavy atom. The van der Waals surface area contributed by atoms with E-state index in [2.05, 4.69) is 22.5 Å². The Kier molecular flexibility index (Phi) is 9.97. The minimum absolute atomic E-state index is 0.0888. The van der Waals surface area contributed by atoms with E-state index in [1.807, 2.05) is 108 Å². The van der Waals surface area contributed by atoms with Crippen molar-refractivity contribution in [1.29, 1.82) is 0 Å². The fraction of sp³-hybridized carbons (Fsp3) is 0.217. The van der Waals surface area contributed by atoms with Crippen LogP contribution < -0.4 is 15.4 Å². The smallest absolute Gasteiger partial charge is 0.324 e. The van der Waals surface area contributed by atoms with Crippen LogP contribution in [0.3, 0.4) is 0 Å². The number of aliphatic hydroxyl groups is 2. The van der Waals surface area contributed by atoms with Gasteiger partial charge in [-0.05, 0) is 64.7 Å². The van der Waals surface area contributed by atoms with Gasteiger partial charge in [0.25, 0.3) is 0 Å². The molecule has 290 valence electrons. The summed E-state index contributed by atoms with van der Waals surface area (Å²) in [6.45, 7) is -0.194. The summed E-state index contributed by atoms with van der Waals surface area (Å²) < 4.78 is 13.1. The fourth-order valence-electron chi connectivity index (χ4n) is 8.91. The summed E-state index contributed by atoms with van der Waals surface area (Å²) in [5.41, 5.74) is 2.79. The van der Waals surface area contributed by atoms with Crippen molar-refractivity contribution in [3.63, 3.8) is 0 Å². The zero-order valence-corrected chi connectivity index (χ0v) is 31.9. The van der Waals surface area contributed by atoms with Crippen LogP contribution in [-0.2, 0) is 24.5 Å². The molecule has 2 saturated heterocycles. The number of carbonyl (C=O) groups is 3. The highest BCUT2D eigenvalue weighted by atomic mass is 32.1. The van der Waals surface area contributed by atoms with Crippen LogP contribution >= 0.6 is 11.3 Å². The predicted molar refractivity (Wildman–Crippen MR) is 219 cm³/mol. The van der Waals surface area contributed by atoms with Crippen molar-refractivity contribution in [3.05, 3.63) is 155 Å². The van der Waals surface area contributed by atoms with Gasteiger partial charge in [0.05, 0.1) is 41.4 Å². The van der Waals surface area contributed by atoms with Gasteiger partial charge in [-0.2, -0.15) is 0 Å². The maximum Gasteiger partial charge on any atom is 0.324 e. The molecule has 0 unspecified atom stereocenters. The van der Waals surface area contributed by atoms with Gasteiger partial charge in [-0.25, -0.2) is 4.98 Å². The molecule has 4 heterocycles. The zero-order valence-electron chi connectivity index (χ0n) is 31.1. The van der Waals surface area contributed by atoms with E-state index in [-0.39, 0.29) is 26.2 Å². The van der Waals surface area contributed by atoms with Gasteiger partial charge in [-0.3, -0.25) is 19.3 Å². The van der Waals surface area contributed by atoms with Crippen LogP contribution in [0.2, 0.25) is 0 Å². The molecule has 0 aliphatic carbocycles. The number of thiazole rings is 1. The number of amides is 2. The van der Waals surface area contributed by atoms with E-state index in [1.54, 1.807) is 24.3 Å². The Labute approximate surface area is 338 Å². The first-order valence-electron chi connectivity index (χ1n) is 19.1. The van der Waals surface area contributed by atoms with Crippen molar-refractivity contribution in [1.82, 2.24) is 9.88 Å². The van der Waals surface area contributed by atoms with Gasteiger partial charge >= 0.3 is 5.97 Å². The van der Waals surface area contributed by atoms with E-state index in [9.17, 15) is 10.2 Å². The molecule has 12 heteroatoms. The number of esters is 1. The van der Waals surface area contributed by atoms with Crippen LogP contribution in [0, 0.1) is 17.8 Å². The maximum atomic E-state index is 15.4. The number of nitrogens with zero attached hydrogens (tertiary/aromatic N) is 2. The molecule has 1 aromatic heterocycles. The Morgan fingerprint density at radius 3 is 2.31 bits per heavy atom. The highest BCUT2D eigenvalue weighted by Crippen LogP contribution is 2.65. The molecule has 4 N–H and O–H groups in total. The predicted octanol–water partition coefficient (Wildman–Crippen LogP) is 6.31. The largest absolute Gasteiger partial charge is 0.491 e. The number of nitrogens with one attached hydrogen (secondary N) is 2. The van der Waals surface area contributed by atoms with Crippen LogP contribution in [0.25, 0.3) is 10.2 Å². The molecule has 58 heavy (non-hydrogen) atoms. The maximum absolute atomic E-state index is 15.4. The van der Waals surface area contributed by atoms with Crippen LogP contribution in [0.15, 0.2) is 127 Å². The summed E-state index contributed by atoms with van der Waals surface area (Å²) in [5.74, 6) is 3.59. The Balaban J connectivity index is 1.32. The number of anilines is 2. The molecule has 3 aliphatic heterocycles. The minimum atomic E-state index is -1.72. The third-order valence-corrected chi connectivity index (χ3v) is 12.1. The van der Waals surface area contributed by atoms with Crippen LogP contribution in [0.4, 0.5) is 10.8 Å². The Hall–Kier alpha value is -6.36. The lowest BCUT2D eigenvalue weighted by atomic mass is 9.65. The number of fused-ring (bicyclic) bond motifs is 4. The fourth-order valence-corrected chi connectivity index (χ4v) is 9.78. The van der Waals surface area contributed by atoms with Gasteiger partial charge in [0.2, 0.25) is 11.8 Å². The van der Waals surface area contributed by atoms with Crippen molar-refractivity contribution in [3.8, 4) is 17.6 Å². The summed E-state index contributed by atoms with van der Waals surface area (Å²) in [7, 11) is 0. The molecular weight excluding hydrogens is 753 g/mol. The van der Waals surface area contributed by atoms with Gasteiger partial charge in [0.15, 0.2) is 5.13 Å². The second kappa shape index (κ2) is 15.5. The highest BCUT2D eigenvalue weighted by molar-refractivity contribution is 7.22. The van der Waals surface area contributed by atoms with Gasteiger partial charge in [0, 0.05) is 17.7 Å². The number of cyclic esters (lactones) is 1. The Morgan fingerprint density at radius 1 is 0.862 bits per heavy atom. The molecule has 0 saturated carbocycles. The molecule has 2 amide bonds. The van der Waals surface area contributed by atoms with Crippen LogP contribution in [0.5, 0.6) is 5.75 Å². The number of ether oxygens (including phenoxy) is 2. The number of hydrogen-bond acceptors (Lipinski definition) is 10. The summed E-state index contributed by atoms with van der Waals surface area (Å²) in [6, 6.07) is 36.5. The lowest BCUT2D eigenvalue weighted by molar-refractivity contribution is -0.177. The number of rotatable bonds is 9. The number of para-hydroxylation sites is 1. The molecule has 9 rings (SSSR count). The van der Waals surface area contributed by atoms with Crippen LogP contribution in [0.1, 0.15) is 52.4 Å². The number of morpholine rings is 1. The average molecular weight is 791 g/mol. The molecule has 5 aromatic carbocycles. The molecule has 6 aromatic rings. The second-order valence-corrected chi connectivity index (χ2v) is 15.4. The zero-order chi connectivity index (χ0) is 39.8. The molecular formula is C46H38N4O7S. The average Bonchev–Trinajstić information content (AvgIpc) is 3.90. The van der Waals surface area contributed by atoms with Crippen molar-refractivity contribution in [2.24, 2.45) is 5.92 Å². The number of aliphatic hydroxyl groups excluding tert-OH is 2. The number of aromatic nitrogens is 1. The first kappa shape index (κ1) is 37.2. The second-order valence-electron chi connectivity index (χ2n) is 14.4. The van der Waals surface area contributed by atoms with Crippen molar-refractivity contribution >= 4 is 50.2 Å².